The summed E-state index contributed by atoms with van der Waals surface area (Å²) in [6.45, 7) is 4.12. The van der Waals surface area contributed by atoms with Crippen molar-refractivity contribution >= 4 is 11.7 Å². The molecule has 0 aliphatic heterocycles. The van der Waals surface area contributed by atoms with Crippen LogP contribution in [0, 0.1) is 12.8 Å². The molecular formula is C19H23N5O3. The molecule has 0 unspecified atom stereocenters. The Bertz CT molecular complexity index is 908. The van der Waals surface area contributed by atoms with Crippen LogP contribution in [0.15, 0.2) is 33.5 Å². The minimum Gasteiger partial charge on any atom is -0.461 e. The number of aryl methyl sites for hydroxylation is 2. The van der Waals surface area contributed by atoms with E-state index in [0.29, 0.717) is 48.7 Å². The SMILES string of the molecule is Cc1cnn([C@H](C)C2CC2)c1NC(=O)CCCc1nc(-c2ccco2)no1. The lowest BCUT2D eigenvalue weighted by Crippen LogP contribution is -2.19. The van der Waals surface area contributed by atoms with Crippen molar-refractivity contribution < 1.29 is 13.7 Å². The van der Waals surface area contributed by atoms with Gasteiger partial charge in [0.1, 0.15) is 5.82 Å². The van der Waals surface area contributed by atoms with Gasteiger partial charge in [0.05, 0.1) is 18.5 Å². The molecule has 1 aliphatic carbocycles. The monoisotopic (exact) mass is 369 g/mol. The normalized spacial score (nSPS) is 15.0. The first-order chi connectivity index (χ1) is 13.1. The van der Waals surface area contributed by atoms with E-state index in [9.17, 15) is 4.79 Å². The Hall–Kier alpha value is -2.90. The van der Waals surface area contributed by atoms with Crippen LogP contribution < -0.4 is 5.32 Å². The fourth-order valence-corrected chi connectivity index (χ4v) is 3.15. The van der Waals surface area contributed by atoms with E-state index in [2.05, 4.69) is 27.5 Å². The fraction of sp³-hybridized carbons (Fsp3) is 0.474. The van der Waals surface area contributed by atoms with E-state index in [1.807, 2.05) is 17.8 Å². The molecule has 8 nitrogen and oxygen atoms in total. The first-order valence-corrected chi connectivity index (χ1v) is 9.32. The topological polar surface area (TPSA) is 99.0 Å². The molecule has 0 bridgehead atoms. The number of furan rings is 1. The van der Waals surface area contributed by atoms with Crippen LogP contribution in [-0.4, -0.2) is 25.8 Å². The van der Waals surface area contributed by atoms with E-state index in [-0.39, 0.29) is 5.91 Å². The Kier molecular flexibility index (Phi) is 4.79. The zero-order valence-corrected chi connectivity index (χ0v) is 15.5. The minimum absolute atomic E-state index is 0.0337. The predicted molar refractivity (Wildman–Crippen MR) is 98.0 cm³/mol. The average molecular weight is 369 g/mol. The molecule has 0 spiro atoms. The molecule has 1 saturated carbocycles. The summed E-state index contributed by atoms with van der Waals surface area (Å²) in [6.07, 6.45) is 7.38. The van der Waals surface area contributed by atoms with Crippen molar-refractivity contribution in [2.45, 2.75) is 52.0 Å². The number of aromatic nitrogens is 4. The van der Waals surface area contributed by atoms with E-state index in [0.717, 1.165) is 11.4 Å². The maximum atomic E-state index is 12.4. The van der Waals surface area contributed by atoms with Crippen molar-refractivity contribution in [3.05, 3.63) is 36.0 Å². The van der Waals surface area contributed by atoms with Crippen molar-refractivity contribution in [1.29, 1.82) is 0 Å². The average Bonchev–Trinajstić information content (AvgIpc) is 3.04. The van der Waals surface area contributed by atoms with E-state index in [4.69, 9.17) is 8.94 Å². The van der Waals surface area contributed by atoms with Crippen LogP contribution in [0.2, 0.25) is 0 Å². The highest BCUT2D eigenvalue weighted by atomic mass is 16.5. The Morgan fingerprint density at radius 1 is 1.44 bits per heavy atom. The van der Waals surface area contributed by atoms with Gasteiger partial charge in [0.15, 0.2) is 5.76 Å². The van der Waals surface area contributed by atoms with Gasteiger partial charge >= 0.3 is 0 Å². The molecule has 3 aromatic rings. The highest BCUT2D eigenvalue weighted by Crippen LogP contribution is 2.40. The fourth-order valence-electron chi connectivity index (χ4n) is 3.15. The van der Waals surface area contributed by atoms with E-state index in [1.165, 1.54) is 12.8 Å². The molecule has 142 valence electrons. The summed E-state index contributed by atoms with van der Waals surface area (Å²) in [4.78, 5) is 16.7. The first kappa shape index (κ1) is 17.5. The van der Waals surface area contributed by atoms with Crippen LogP contribution in [0.1, 0.15) is 50.1 Å². The Balaban J connectivity index is 1.30. The molecule has 4 rings (SSSR count). The number of amides is 1. The zero-order valence-electron chi connectivity index (χ0n) is 15.5. The number of rotatable bonds is 8. The molecule has 0 saturated heterocycles. The predicted octanol–water partition coefficient (Wildman–Crippen LogP) is 3.77. The van der Waals surface area contributed by atoms with Gasteiger partial charge in [-0.15, -0.1) is 0 Å². The number of hydrogen-bond acceptors (Lipinski definition) is 6. The molecule has 0 radical (unpaired) electrons. The largest absolute Gasteiger partial charge is 0.461 e. The number of anilines is 1. The van der Waals surface area contributed by atoms with Gasteiger partial charge in [0.2, 0.25) is 17.6 Å². The molecule has 3 heterocycles. The molecule has 3 aromatic heterocycles. The van der Waals surface area contributed by atoms with Crippen molar-refractivity contribution in [3.8, 4) is 11.6 Å². The van der Waals surface area contributed by atoms with Crippen molar-refractivity contribution in [2.24, 2.45) is 5.92 Å². The second-order valence-corrected chi connectivity index (χ2v) is 7.09. The highest BCUT2D eigenvalue weighted by Gasteiger charge is 2.31. The molecule has 1 N–H and O–H groups in total. The molecule has 0 aromatic carbocycles. The van der Waals surface area contributed by atoms with Gasteiger partial charge in [0.25, 0.3) is 0 Å². The van der Waals surface area contributed by atoms with E-state index < -0.39 is 0 Å². The van der Waals surface area contributed by atoms with Gasteiger partial charge in [-0.1, -0.05) is 5.16 Å². The summed E-state index contributed by atoms with van der Waals surface area (Å²) in [5.41, 5.74) is 0.982. The quantitative estimate of drug-likeness (QED) is 0.649. The van der Waals surface area contributed by atoms with E-state index >= 15 is 0 Å². The second-order valence-electron chi connectivity index (χ2n) is 7.09. The van der Waals surface area contributed by atoms with Crippen molar-refractivity contribution in [2.75, 3.05) is 5.32 Å². The molecule has 27 heavy (non-hydrogen) atoms. The Morgan fingerprint density at radius 2 is 2.30 bits per heavy atom. The molecule has 1 fully saturated rings. The summed E-state index contributed by atoms with van der Waals surface area (Å²) in [5, 5.41) is 11.4. The van der Waals surface area contributed by atoms with Gasteiger partial charge in [-0.2, -0.15) is 10.1 Å². The van der Waals surface area contributed by atoms with Gasteiger partial charge in [-0.3, -0.25) is 4.79 Å². The van der Waals surface area contributed by atoms with Gasteiger partial charge in [-0.25, -0.2) is 4.68 Å². The summed E-state index contributed by atoms with van der Waals surface area (Å²) in [7, 11) is 0. The second kappa shape index (κ2) is 7.38. The van der Waals surface area contributed by atoms with Gasteiger partial charge in [-0.05, 0) is 51.2 Å². The smallest absolute Gasteiger partial charge is 0.238 e. The number of nitrogens with one attached hydrogen (secondary N) is 1. The molecule has 8 heteroatoms. The van der Waals surface area contributed by atoms with Gasteiger partial charge in [0, 0.05) is 18.4 Å². The maximum Gasteiger partial charge on any atom is 0.238 e. The maximum absolute atomic E-state index is 12.4. The molecule has 1 amide bonds. The Labute approximate surface area is 156 Å². The number of nitrogens with zero attached hydrogens (tertiary/aromatic N) is 4. The van der Waals surface area contributed by atoms with E-state index in [1.54, 1.807) is 18.4 Å². The lowest BCUT2D eigenvalue weighted by Gasteiger charge is -2.16. The lowest BCUT2D eigenvalue weighted by molar-refractivity contribution is -0.116. The Morgan fingerprint density at radius 3 is 3.04 bits per heavy atom. The summed E-state index contributed by atoms with van der Waals surface area (Å²) in [5.74, 6) is 2.92. The van der Waals surface area contributed by atoms with Crippen molar-refractivity contribution in [3.63, 3.8) is 0 Å². The lowest BCUT2D eigenvalue weighted by atomic mass is 10.2. The standard InChI is InChI=1S/C19H23N5O3/c1-12-11-20-24(13(2)14-8-9-14)19(12)21-16(25)6-3-7-17-22-18(23-27-17)15-5-4-10-26-15/h4-5,10-11,13-14H,3,6-9H2,1-2H3,(H,21,25)/t13-/m1/s1. The number of carbonyl (C=O) groups is 1. The van der Waals surface area contributed by atoms with Gasteiger partial charge < -0.3 is 14.3 Å². The third kappa shape index (κ3) is 3.94. The summed E-state index contributed by atoms with van der Waals surface area (Å²) < 4.78 is 12.4. The molecule has 1 aliphatic rings. The van der Waals surface area contributed by atoms with Crippen LogP contribution >= 0.6 is 0 Å². The minimum atomic E-state index is -0.0337. The number of carbonyl (C=O) groups excluding carboxylic acids is 1. The van der Waals surface area contributed by atoms with Crippen LogP contribution in [0.25, 0.3) is 11.6 Å². The summed E-state index contributed by atoms with van der Waals surface area (Å²) in [6, 6.07) is 3.86. The number of hydrogen-bond donors (Lipinski definition) is 1. The third-order valence-electron chi connectivity index (χ3n) is 4.93. The zero-order chi connectivity index (χ0) is 18.8. The van der Waals surface area contributed by atoms with Crippen LogP contribution in [0.4, 0.5) is 5.82 Å². The highest BCUT2D eigenvalue weighted by molar-refractivity contribution is 5.90. The van der Waals surface area contributed by atoms with Crippen molar-refractivity contribution in [1.82, 2.24) is 19.9 Å². The third-order valence-corrected chi connectivity index (χ3v) is 4.93. The van der Waals surface area contributed by atoms with Crippen LogP contribution in [0.3, 0.4) is 0 Å². The van der Waals surface area contributed by atoms with Crippen LogP contribution in [-0.2, 0) is 11.2 Å². The summed E-state index contributed by atoms with van der Waals surface area (Å²) >= 11 is 0. The molecule has 1 atom stereocenters. The first-order valence-electron chi connectivity index (χ1n) is 9.32. The van der Waals surface area contributed by atoms with Crippen LogP contribution in [0.5, 0.6) is 0 Å². The molecular weight excluding hydrogens is 346 g/mol.